The number of fused-ring (bicyclic) bond motifs is 6. The molecular formula is C44H38Br2N2. The van der Waals surface area contributed by atoms with E-state index < -0.39 is 0 Å². The smallest absolute Gasteiger partial charge is 0.0543 e. The minimum absolute atomic E-state index is 1.11. The van der Waals surface area contributed by atoms with E-state index in [-0.39, 0.29) is 0 Å². The zero-order valence-electron chi connectivity index (χ0n) is 27.4. The van der Waals surface area contributed by atoms with Gasteiger partial charge in [0.15, 0.2) is 0 Å². The average molecular weight is 755 g/mol. The molecule has 0 atom stereocenters. The van der Waals surface area contributed by atoms with E-state index in [0.717, 1.165) is 21.8 Å². The molecule has 6 aromatic carbocycles. The van der Waals surface area contributed by atoms with Crippen molar-refractivity contribution in [2.75, 3.05) is 0 Å². The standard InChI is InChI=1S/C44H38Br2N2/c1-3-5-7-29-9-21-37-39-27-33(45)15-23-41(39)47(43(37)25-29)35-17-11-31(12-18-35)32-13-19-36(20-14-32)48-42-24-16-34(46)28-40(42)38-22-10-30(8-6-4-2)26-44(38)48/h9-28H,3-8H2,1-2H3. The zero-order chi connectivity index (χ0) is 32.8. The molecule has 2 aromatic heterocycles. The molecule has 0 fully saturated rings. The van der Waals surface area contributed by atoms with Crippen LogP contribution >= 0.6 is 31.9 Å². The Hall–Kier alpha value is -4.12. The third-order valence-electron chi connectivity index (χ3n) is 9.81. The monoisotopic (exact) mass is 752 g/mol. The van der Waals surface area contributed by atoms with Crippen molar-refractivity contribution >= 4 is 75.5 Å². The van der Waals surface area contributed by atoms with Gasteiger partial charge in [-0.1, -0.05) is 107 Å². The van der Waals surface area contributed by atoms with E-state index >= 15 is 0 Å². The maximum Gasteiger partial charge on any atom is 0.0543 e. The van der Waals surface area contributed by atoms with Crippen LogP contribution in [0.15, 0.2) is 130 Å². The predicted molar refractivity (Wildman–Crippen MR) is 213 cm³/mol. The second kappa shape index (κ2) is 13.1. The number of rotatable bonds is 9. The Labute approximate surface area is 299 Å². The Morgan fingerprint density at radius 2 is 0.833 bits per heavy atom. The van der Waals surface area contributed by atoms with Gasteiger partial charge in [0.1, 0.15) is 0 Å². The molecule has 0 radical (unpaired) electrons. The van der Waals surface area contributed by atoms with Crippen LogP contribution in [0.2, 0.25) is 0 Å². The molecule has 8 aromatic rings. The van der Waals surface area contributed by atoms with Crippen molar-refractivity contribution in [1.29, 1.82) is 0 Å². The highest BCUT2D eigenvalue weighted by Crippen LogP contribution is 2.37. The predicted octanol–water partition coefficient (Wildman–Crippen LogP) is 13.8. The molecule has 0 unspecified atom stereocenters. The van der Waals surface area contributed by atoms with E-state index in [0.29, 0.717) is 0 Å². The van der Waals surface area contributed by atoms with E-state index in [9.17, 15) is 0 Å². The first-order valence-electron chi connectivity index (χ1n) is 17.2. The second-order valence-electron chi connectivity index (χ2n) is 13.0. The first-order valence-corrected chi connectivity index (χ1v) is 18.8. The molecule has 0 N–H and O–H groups in total. The van der Waals surface area contributed by atoms with Crippen LogP contribution in [-0.2, 0) is 12.8 Å². The van der Waals surface area contributed by atoms with Crippen molar-refractivity contribution in [2.24, 2.45) is 0 Å². The Morgan fingerprint density at radius 3 is 1.23 bits per heavy atom. The van der Waals surface area contributed by atoms with E-state index in [1.807, 2.05) is 0 Å². The molecule has 2 heterocycles. The lowest BCUT2D eigenvalue weighted by molar-refractivity contribution is 0.795. The quantitative estimate of drug-likeness (QED) is 0.139. The van der Waals surface area contributed by atoms with E-state index in [1.165, 1.54) is 103 Å². The van der Waals surface area contributed by atoms with Crippen LogP contribution in [0, 0.1) is 0 Å². The summed E-state index contributed by atoms with van der Waals surface area (Å²) in [6.45, 7) is 4.52. The van der Waals surface area contributed by atoms with Gasteiger partial charge in [-0.2, -0.15) is 0 Å². The normalized spacial score (nSPS) is 11.8. The Kier molecular flexibility index (Phi) is 8.48. The first kappa shape index (κ1) is 31.2. The summed E-state index contributed by atoms with van der Waals surface area (Å²) in [5.41, 5.74) is 12.6. The summed E-state index contributed by atoms with van der Waals surface area (Å²) in [5.74, 6) is 0. The summed E-state index contributed by atoms with van der Waals surface area (Å²) in [4.78, 5) is 0. The summed E-state index contributed by atoms with van der Waals surface area (Å²) >= 11 is 7.42. The van der Waals surface area contributed by atoms with E-state index in [4.69, 9.17) is 0 Å². The Balaban J connectivity index is 1.17. The first-order chi connectivity index (χ1) is 23.5. The Bertz CT molecular complexity index is 2260. The van der Waals surface area contributed by atoms with Crippen LogP contribution in [0.3, 0.4) is 0 Å². The minimum atomic E-state index is 1.11. The van der Waals surface area contributed by atoms with Crippen LogP contribution < -0.4 is 0 Å². The molecular weight excluding hydrogens is 716 g/mol. The third kappa shape index (κ3) is 5.59. The largest absolute Gasteiger partial charge is 0.309 e. The molecule has 0 bridgehead atoms. The number of aryl methyl sites for hydroxylation is 2. The number of unbranched alkanes of at least 4 members (excludes halogenated alkanes) is 2. The molecule has 0 spiro atoms. The lowest BCUT2D eigenvalue weighted by Crippen LogP contribution is -1.96. The van der Waals surface area contributed by atoms with Gasteiger partial charge >= 0.3 is 0 Å². The zero-order valence-corrected chi connectivity index (χ0v) is 30.6. The maximum absolute atomic E-state index is 3.71. The summed E-state index contributed by atoms with van der Waals surface area (Å²) in [6.07, 6.45) is 7.04. The lowest BCUT2D eigenvalue weighted by atomic mass is 10.0. The molecule has 0 amide bonds. The third-order valence-corrected chi connectivity index (χ3v) is 10.8. The molecule has 238 valence electrons. The van der Waals surface area contributed by atoms with Gasteiger partial charge in [0.05, 0.1) is 22.1 Å². The van der Waals surface area contributed by atoms with Crippen molar-refractivity contribution in [3.05, 3.63) is 141 Å². The summed E-state index contributed by atoms with van der Waals surface area (Å²) < 4.78 is 7.06. The molecule has 0 aliphatic carbocycles. The molecule has 48 heavy (non-hydrogen) atoms. The van der Waals surface area contributed by atoms with Crippen molar-refractivity contribution in [3.8, 4) is 22.5 Å². The fourth-order valence-corrected chi connectivity index (χ4v) is 8.03. The fourth-order valence-electron chi connectivity index (χ4n) is 7.31. The van der Waals surface area contributed by atoms with E-state index in [1.54, 1.807) is 0 Å². The van der Waals surface area contributed by atoms with Gasteiger partial charge in [0.2, 0.25) is 0 Å². The van der Waals surface area contributed by atoms with Crippen LogP contribution in [0.25, 0.3) is 66.1 Å². The SMILES string of the molecule is CCCCc1ccc2c3cc(Br)ccc3n(-c3ccc(-c4ccc(-n5c6ccc(Br)cc6c6ccc(CCCC)cc65)cc4)cc3)c2c1. The van der Waals surface area contributed by atoms with Crippen LogP contribution in [0.5, 0.6) is 0 Å². The van der Waals surface area contributed by atoms with Gasteiger partial charge < -0.3 is 9.13 Å². The van der Waals surface area contributed by atoms with Gasteiger partial charge in [-0.25, -0.2) is 0 Å². The number of nitrogens with zero attached hydrogens (tertiary/aromatic N) is 2. The van der Waals surface area contributed by atoms with Crippen molar-refractivity contribution in [2.45, 2.75) is 52.4 Å². The number of hydrogen-bond acceptors (Lipinski definition) is 0. The van der Waals surface area contributed by atoms with Gasteiger partial charge in [-0.05, 0) is 121 Å². The van der Waals surface area contributed by atoms with Gasteiger partial charge in [-0.15, -0.1) is 0 Å². The minimum Gasteiger partial charge on any atom is -0.309 e. The highest BCUT2D eigenvalue weighted by molar-refractivity contribution is 9.10. The van der Waals surface area contributed by atoms with Crippen molar-refractivity contribution < 1.29 is 0 Å². The molecule has 2 nitrogen and oxygen atoms in total. The molecule has 0 saturated carbocycles. The number of hydrogen-bond donors (Lipinski definition) is 0. The topological polar surface area (TPSA) is 9.86 Å². The van der Waals surface area contributed by atoms with Gasteiger partial charge in [0.25, 0.3) is 0 Å². The lowest BCUT2D eigenvalue weighted by Gasteiger charge is -2.12. The van der Waals surface area contributed by atoms with Crippen molar-refractivity contribution in [3.63, 3.8) is 0 Å². The summed E-state index contributed by atoms with van der Waals surface area (Å²) in [6, 6.07) is 45.4. The molecule has 4 heteroatoms. The van der Waals surface area contributed by atoms with Crippen LogP contribution in [0.1, 0.15) is 50.7 Å². The van der Waals surface area contributed by atoms with Crippen molar-refractivity contribution in [1.82, 2.24) is 9.13 Å². The highest BCUT2D eigenvalue weighted by atomic mass is 79.9. The molecule has 8 rings (SSSR count). The summed E-state index contributed by atoms with van der Waals surface area (Å²) in [7, 11) is 0. The number of aromatic nitrogens is 2. The second-order valence-corrected chi connectivity index (χ2v) is 14.8. The molecule has 0 saturated heterocycles. The van der Waals surface area contributed by atoms with Gasteiger partial charge in [-0.3, -0.25) is 0 Å². The maximum atomic E-state index is 3.71. The summed E-state index contributed by atoms with van der Waals surface area (Å²) in [5, 5.41) is 5.13. The van der Waals surface area contributed by atoms with Crippen LogP contribution in [-0.4, -0.2) is 9.13 Å². The number of halogens is 2. The fraction of sp³-hybridized carbons (Fsp3) is 0.182. The van der Waals surface area contributed by atoms with Crippen LogP contribution in [0.4, 0.5) is 0 Å². The van der Waals surface area contributed by atoms with Gasteiger partial charge in [0, 0.05) is 41.9 Å². The number of benzene rings is 6. The Morgan fingerprint density at radius 1 is 0.417 bits per heavy atom. The van der Waals surface area contributed by atoms with E-state index in [2.05, 4.69) is 176 Å². The highest BCUT2D eigenvalue weighted by Gasteiger charge is 2.16. The molecule has 0 aliphatic heterocycles. The molecule has 0 aliphatic rings. The average Bonchev–Trinajstić information content (AvgIpc) is 3.61.